The largest absolute Gasteiger partial charge is 0.370 e. The number of carbonyl (C=O) groups excluding carboxylic acids is 1. The van der Waals surface area contributed by atoms with Gasteiger partial charge in [-0.2, -0.15) is 0 Å². The molecule has 0 aliphatic carbocycles. The van der Waals surface area contributed by atoms with E-state index < -0.39 is 0 Å². The number of hydrogen-bond acceptors (Lipinski definition) is 3. The third-order valence-electron chi connectivity index (χ3n) is 2.95. The van der Waals surface area contributed by atoms with Gasteiger partial charge in [0.2, 0.25) is 0 Å². The molecule has 1 rings (SSSR count). The Hall–Kier alpha value is -1.58. The lowest BCUT2D eigenvalue weighted by atomic mass is 10.1. The van der Waals surface area contributed by atoms with Crippen molar-refractivity contribution in [1.29, 1.82) is 0 Å². The van der Waals surface area contributed by atoms with Crippen LogP contribution in [0.4, 0.5) is 5.82 Å². The minimum absolute atomic E-state index is 0.0434. The summed E-state index contributed by atoms with van der Waals surface area (Å²) < 4.78 is 0. The highest BCUT2D eigenvalue weighted by Crippen LogP contribution is 2.06. The Morgan fingerprint density at radius 1 is 1.32 bits per heavy atom. The normalized spacial score (nSPS) is 11.9. The Labute approximate surface area is 116 Å². The molecule has 19 heavy (non-hydrogen) atoms. The summed E-state index contributed by atoms with van der Waals surface area (Å²) in [5, 5.41) is 6.18. The Morgan fingerprint density at radius 3 is 2.68 bits per heavy atom. The predicted molar refractivity (Wildman–Crippen MR) is 79.5 cm³/mol. The van der Waals surface area contributed by atoms with Crippen molar-refractivity contribution in [2.45, 2.75) is 52.5 Å². The zero-order valence-electron chi connectivity index (χ0n) is 12.2. The van der Waals surface area contributed by atoms with Crippen LogP contribution in [0.2, 0.25) is 0 Å². The molecule has 0 saturated heterocycles. The summed E-state index contributed by atoms with van der Waals surface area (Å²) in [5.41, 5.74) is 0.616. The number of unbranched alkanes of at least 4 members (excludes halogenated alkanes) is 1. The second kappa shape index (κ2) is 8.51. The van der Waals surface area contributed by atoms with Crippen molar-refractivity contribution in [2.75, 3.05) is 11.9 Å². The fourth-order valence-electron chi connectivity index (χ4n) is 1.78. The van der Waals surface area contributed by atoms with Crippen LogP contribution in [0.15, 0.2) is 18.3 Å². The lowest BCUT2D eigenvalue weighted by Gasteiger charge is -2.13. The summed E-state index contributed by atoms with van der Waals surface area (Å²) >= 11 is 0. The molecule has 0 bridgehead atoms. The van der Waals surface area contributed by atoms with Gasteiger partial charge >= 0.3 is 0 Å². The van der Waals surface area contributed by atoms with Crippen molar-refractivity contribution in [3.8, 4) is 0 Å². The Bertz CT molecular complexity index is 375. The number of rotatable bonds is 8. The molecule has 0 saturated carbocycles. The van der Waals surface area contributed by atoms with E-state index in [-0.39, 0.29) is 11.9 Å². The number of carbonyl (C=O) groups is 1. The first-order valence-electron chi connectivity index (χ1n) is 7.18. The topological polar surface area (TPSA) is 54.0 Å². The van der Waals surface area contributed by atoms with Gasteiger partial charge in [-0.1, -0.05) is 26.7 Å². The molecule has 0 spiro atoms. The van der Waals surface area contributed by atoms with E-state index in [1.165, 1.54) is 0 Å². The van der Waals surface area contributed by atoms with E-state index in [9.17, 15) is 4.79 Å². The lowest BCUT2D eigenvalue weighted by Crippen LogP contribution is -2.32. The van der Waals surface area contributed by atoms with E-state index in [2.05, 4.69) is 29.5 Å². The van der Waals surface area contributed by atoms with Gasteiger partial charge in [0.1, 0.15) is 5.82 Å². The van der Waals surface area contributed by atoms with Crippen molar-refractivity contribution in [3.05, 3.63) is 23.9 Å². The maximum absolute atomic E-state index is 12.0. The maximum Gasteiger partial charge on any atom is 0.253 e. The van der Waals surface area contributed by atoms with Crippen molar-refractivity contribution < 1.29 is 4.79 Å². The number of pyridine rings is 1. The number of amides is 1. The van der Waals surface area contributed by atoms with Crippen molar-refractivity contribution in [1.82, 2.24) is 10.3 Å². The van der Waals surface area contributed by atoms with E-state index in [1.54, 1.807) is 6.20 Å². The average molecular weight is 263 g/mol. The zero-order chi connectivity index (χ0) is 14.1. The molecule has 0 fully saturated rings. The minimum Gasteiger partial charge on any atom is -0.370 e. The fourth-order valence-corrected chi connectivity index (χ4v) is 1.78. The Kier molecular flexibility index (Phi) is 6.93. The van der Waals surface area contributed by atoms with Gasteiger partial charge in [0, 0.05) is 18.8 Å². The smallest absolute Gasteiger partial charge is 0.253 e. The van der Waals surface area contributed by atoms with Crippen molar-refractivity contribution in [2.24, 2.45) is 0 Å². The standard InChI is InChI=1S/C15H25N3O/c1-4-6-7-12(3)18-15(19)13-8-9-14(17-11-13)16-10-5-2/h8-9,11-12H,4-7,10H2,1-3H3,(H,16,17)(H,18,19). The van der Waals surface area contributed by atoms with Gasteiger partial charge in [-0.15, -0.1) is 0 Å². The average Bonchev–Trinajstić information content (AvgIpc) is 2.43. The van der Waals surface area contributed by atoms with Crippen LogP contribution in [0, 0.1) is 0 Å². The molecule has 106 valence electrons. The van der Waals surface area contributed by atoms with Gasteiger partial charge in [0.15, 0.2) is 0 Å². The third-order valence-corrected chi connectivity index (χ3v) is 2.95. The fraction of sp³-hybridized carbons (Fsp3) is 0.600. The van der Waals surface area contributed by atoms with E-state index in [0.29, 0.717) is 5.56 Å². The molecular formula is C15H25N3O. The number of nitrogens with one attached hydrogen (secondary N) is 2. The summed E-state index contributed by atoms with van der Waals surface area (Å²) in [6, 6.07) is 3.87. The Morgan fingerprint density at radius 2 is 2.11 bits per heavy atom. The number of hydrogen-bond donors (Lipinski definition) is 2. The first-order valence-corrected chi connectivity index (χ1v) is 7.18. The molecule has 1 amide bonds. The molecule has 1 heterocycles. The third kappa shape index (κ3) is 5.73. The molecule has 4 nitrogen and oxygen atoms in total. The summed E-state index contributed by atoms with van der Waals surface area (Å²) in [6.07, 6.45) is 5.99. The molecule has 0 radical (unpaired) electrons. The van der Waals surface area contributed by atoms with E-state index in [4.69, 9.17) is 0 Å². The summed E-state index contributed by atoms with van der Waals surface area (Å²) in [7, 11) is 0. The quantitative estimate of drug-likeness (QED) is 0.757. The summed E-state index contributed by atoms with van der Waals surface area (Å²) in [4.78, 5) is 16.2. The number of anilines is 1. The van der Waals surface area contributed by atoms with Crippen LogP contribution >= 0.6 is 0 Å². The van der Waals surface area contributed by atoms with Crippen LogP contribution in [0.5, 0.6) is 0 Å². The summed E-state index contributed by atoms with van der Waals surface area (Å²) in [6.45, 7) is 7.19. The molecule has 0 aromatic carbocycles. The first-order chi connectivity index (χ1) is 9.17. The molecule has 0 aliphatic rings. The highest BCUT2D eigenvalue weighted by molar-refractivity contribution is 5.94. The molecular weight excluding hydrogens is 238 g/mol. The van der Waals surface area contributed by atoms with Gasteiger partial charge < -0.3 is 10.6 Å². The van der Waals surface area contributed by atoms with Crippen LogP contribution < -0.4 is 10.6 Å². The van der Waals surface area contributed by atoms with Gasteiger partial charge in [-0.25, -0.2) is 4.98 Å². The molecule has 1 aromatic rings. The molecule has 2 N–H and O–H groups in total. The highest BCUT2D eigenvalue weighted by atomic mass is 16.1. The van der Waals surface area contributed by atoms with Crippen LogP contribution in [0.25, 0.3) is 0 Å². The van der Waals surface area contributed by atoms with Crippen LogP contribution in [-0.2, 0) is 0 Å². The van der Waals surface area contributed by atoms with Gasteiger partial charge in [-0.05, 0) is 31.9 Å². The lowest BCUT2D eigenvalue weighted by molar-refractivity contribution is 0.0937. The van der Waals surface area contributed by atoms with Crippen LogP contribution in [-0.4, -0.2) is 23.5 Å². The minimum atomic E-state index is -0.0434. The molecule has 0 aliphatic heterocycles. The van der Waals surface area contributed by atoms with Crippen molar-refractivity contribution >= 4 is 11.7 Å². The highest BCUT2D eigenvalue weighted by Gasteiger charge is 2.09. The number of aromatic nitrogens is 1. The maximum atomic E-state index is 12.0. The Balaban J connectivity index is 2.48. The monoisotopic (exact) mass is 263 g/mol. The van der Waals surface area contributed by atoms with E-state index in [0.717, 1.165) is 38.0 Å². The van der Waals surface area contributed by atoms with Gasteiger partial charge in [0.25, 0.3) is 5.91 Å². The van der Waals surface area contributed by atoms with Gasteiger partial charge in [-0.3, -0.25) is 4.79 Å². The van der Waals surface area contributed by atoms with Crippen molar-refractivity contribution in [3.63, 3.8) is 0 Å². The predicted octanol–water partition coefficient (Wildman–Crippen LogP) is 3.21. The second-order valence-corrected chi connectivity index (χ2v) is 4.88. The zero-order valence-corrected chi connectivity index (χ0v) is 12.2. The molecule has 1 atom stereocenters. The second-order valence-electron chi connectivity index (χ2n) is 4.88. The SMILES string of the molecule is CCCCC(C)NC(=O)c1ccc(NCCC)nc1. The molecule has 4 heteroatoms. The number of nitrogens with zero attached hydrogens (tertiary/aromatic N) is 1. The van der Waals surface area contributed by atoms with Gasteiger partial charge in [0.05, 0.1) is 5.56 Å². The summed E-state index contributed by atoms with van der Waals surface area (Å²) in [5.74, 6) is 0.774. The van der Waals surface area contributed by atoms with Crippen LogP contribution in [0.3, 0.4) is 0 Å². The van der Waals surface area contributed by atoms with E-state index in [1.807, 2.05) is 19.1 Å². The molecule has 1 aromatic heterocycles. The van der Waals surface area contributed by atoms with E-state index >= 15 is 0 Å². The molecule has 1 unspecified atom stereocenters. The van der Waals surface area contributed by atoms with Crippen LogP contribution in [0.1, 0.15) is 56.8 Å². The first kappa shape index (κ1) is 15.5.